The predicted molar refractivity (Wildman–Crippen MR) is 50.9 cm³/mol. The number of hydrogen-bond donors (Lipinski definition) is 1. The molecule has 12 heavy (non-hydrogen) atoms. The molecule has 0 aliphatic carbocycles. The minimum atomic E-state index is -0.150. The van der Waals surface area contributed by atoms with E-state index in [0.717, 1.165) is 11.8 Å². The molecule has 0 radical (unpaired) electrons. The third-order valence-electron chi connectivity index (χ3n) is 0.849. The van der Waals surface area contributed by atoms with Crippen LogP contribution in [0.4, 0.5) is 0 Å². The number of halogens is 1. The van der Waals surface area contributed by atoms with E-state index in [1.54, 1.807) is 12.3 Å². The van der Waals surface area contributed by atoms with Crippen LogP contribution >= 0.6 is 23.4 Å². The molecule has 0 saturated carbocycles. The molecule has 0 aliphatic heterocycles. The fraction of sp³-hybridized carbons (Fsp3) is 0.429. The second-order valence-corrected chi connectivity index (χ2v) is 3.30. The van der Waals surface area contributed by atoms with E-state index in [2.05, 4.69) is 5.32 Å². The normalized spacial score (nSPS) is 11.1. The summed E-state index contributed by atoms with van der Waals surface area (Å²) in [5.74, 6) is -0.170. The van der Waals surface area contributed by atoms with Gasteiger partial charge in [0.25, 0.3) is 0 Å². The largest absolute Gasteiger partial charge is 0.330 e. The van der Waals surface area contributed by atoms with Crippen molar-refractivity contribution in [3.63, 3.8) is 0 Å². The van der Waals surface area contributed by atoms with Crippen molar-refractivity contribution in [2.45, 2.75) is 13.8 Å². The monoisotopic (exact) mass is 207 g/mol. The average Bonchev–Trinajstić information content (AvgIpc) is 1.99. The zero-order chi connectivity index (χ0) is 9.56. The van der Waals surface area contributed by atoms with E-state index in [4.69, 9.17) is 11.6 Å². The predicted octanol–water partition coefficient (Wildman–Crippen LogP) is 1.48. The molecule has 0 spiro atoms. The third kappa shape index (κ3) is 6.24. The van der Waals surface area contributed by atoms with E-state index in [9.17, 15) is 9.59 Å². The first-order valence-corrected chi connectivity index (χ1v) is 4.67. The van der Waals surface area contributed by atoms with Crippen molar-refractivity contribution in [1.29, 1.82) is 0 Å². The van der Waals surface area contributed by atoms with Gasteiger partial charge < -0.3 is 5.32 Å². The molecule has 0 aromatic heterocycles. The Balaban J connectivity index is 3.84. The summed E-state index contributed by atoms with van der Waals surface area (Å²) in [5.41, 5.74) is 0.644. The molecule has 0 saturated heterocycles. The molecule has 0 fully saturated rings. The summed E-state index contributed by atoms with van der Waals surface area (Å²) in [4.78, 5) is 21.2. The van der Waals surface area contributed by atoms with Crippen LogP contribution in [0.2, 0.25) is 0 Å². The van der Waals surface area contributed by atoms with E-state index in [0.29, 0.717) is 5.70 Å². The van der Waals surface area contributed by atoms with Crippen LogP contribution in [0.5, 0.6) is 0 Å². The highest BCUT2D eigenvalue weighted by molar-refractivity contribution is 8.16. The van der Waals surface area contributed by atoms with Crippen molar-refractivity contribution in [3.8, 4) is 0 Å². The summed E-state index contributed by atoms with van der Waals surface area (Å²) in [6, 6.07) is 0. The molecule has 0 aromatic rings. The highest BCUT2D eigenvalue weighted by atomic mass is 35.5. The Kier molecular flexibility index (Phi) is 5.84. The average molecular weight is 208 g/mol. The quantitative estimate of drug-likeness (QED) is 0.714. The first kappa shape index (κ1) is 11.5. The van der Waals surface area contributed by atoms with Crippen molar-refractivity contribution >= 4 is 34.4 Å². The standard InChI is InChI=1S/C7H10ClNO2S/c1-5(9-6(2)10)4-12-7(11)3-8/h4H,3H2,1-2H3,(H,9,10)/b5-4-. The number of carbonyl (C=O) groups is 2. The molecule has 0 unspecified atom stereocenters. The van der Waals surface area contributed by atoms with E-state index in [1.165, 1.54) is 6.92 Å². The maximum atomic E-state index is 10.7. The van der Waals surface area contributed by atoms with Gasteiger partial charge in [-0.15, -0.1) is 11.6 Å². The van der Waals surface area contributed by atoms with Crippen LogP contribution in [0.1, 0.15) is 13.8 Å². The molecule has 3 nitrogen and oxygen atoms in total. The first-order valence-electron chi connectivity index (χ1n) is 3.26. The van der Waals surface area contributed by atoms with Crippen molar-refractivity contribution < 1.29 is 9.59 Å². The van der Waals surface area contributed by atoms with Crippen molar-refractivity contribution in [1.82, 2.24) is 5.32 Å². The Morgan fingerprint density at radius 1 is 1.50 bits per heavy atom. The van der Waals surface area contributed by atoms with Crippen molar-refractivity contribution in [2.75, 3.05) is 5.88 Å². The van der Waals surface area contributed by atoms with E-state index in [1.807, 2.05) is 0 Å². The molecular weight excluding hydrogens is 198 g/mol. The number of carbonyl (C=O) groups excluding carboxylic acids is 2. The fourth-order valence-electron chi connectivity index (χ4n) is 0.493. The van der Waals surface area contributed by atoms with E-state index in [-0.39, 0.29) is 16.9 Å². The number of thioether (sulfide) groups is 1. The van der Waals surface area contributed by atoms with Gasteiger partial charge >= 0.3 is 0 Å². The number of amides is 1. The van der Waals surface area contributed by atoms with Gasteiger partial charge in [0.15, 0.2) is 0 Å². The van der Waals surface area contributed by atoms with Crippen molar-refractivity contribution in [3.05, 3.63) is 11.1 Å². The Hall–Kier alpha value is -0.480. The molecule has 0 heterocycles. The molecule has 1 N–H and O–H groups in total. The molecule has 1 amide bonds. The summed E-state index contributed by atoms with van der Waals surface area (Å²) >= 11 is 6.23. The Labute approximate surface area is 80.5 Å². The smallest absolute Gasteiger partial charge is 0.221 e. The number of rotatable bonds is 3. The van der Waals surface area contributed by atoms with Gasteiger partial charge in [-0.1, -0.05) is 11.8 Å². The maximum absolute atomic E-state index is 10.7. The van der Waals surface area contributed by atoms with Crippen LogP contribution < -0.4 is 5.32 Å². The molecule has 5 heteroatoms. The van der Waals surface area contributed by atoms with Gasteiger partial charge in [0.2, 0.25) is 11.0 Å². The second kappa shape index (κ2) is 6.08. The fourth-order valence-corrected chi connectivity index (χ4v) is 1.11. The lowest BCUT2D eigenvalue weighted by atomic mass is 10.5. The lowest BCUT2D eigenvalue weighted by Gasteiger charge is -1.99. The number of alkyl halides is 1. The summed E-state index contributed by atoms with van der Waals surface area (Å²) < 4.78 is 0. The highest BCUT2D eigenvalue weighted by Crippen LogP contribution is 2.07. The molecule has 0 bridgehead atoms. The number of allylic oxidation sites excluding steroid dienone is 1. The molecule has 68 valence electrons. The topological polar surface area (TPSA) is 46.2 Å². The first-order chi connectivity index (χ1) is 5.56. The zero-order valence-corrected chi connectivity index (χ0v) is 8.46. The Morgan fingerprint density at radius 2 is 2.08 bits per heavy atom. The summed E-state index contributed by atoms with van der Waals surface area (Å²) in [6.07, 6.45) is 0. The lowest BCUT2D eigenvalue weighted by molar-refractivity contribution is -0.118. The molecule has 0 rings (SSSR count). The molecule has 0 aromatic carbocycles. The van der Waals surface area contributed by atoms with E-state index < -0.39 is 0 Å². The van der Waals surface area contributed by atoms with Crippen LogP contribution in [-0.2, 0) is 9.59 Å². The van der Waals surface area contributed by atoms with Gasteiger partial charge in [-0.05, 0) is 12.3 Å². The van der Waals surface area contributed by atoms with Gasteiger partial charge in [0.1, 0.15) is 0 Å². The SMILES string of the molecule is CC(=O)N/C(C)=C\SC(=O)CCl. The number of nitrogens with one attached hydrogen (secondary N) is 1. The summed E-state index contributed by atoms with van der Waals surface area (Å²) in [7, 11) is 0. The van der Waals surface area contributed by atoms with Crippen LogP contribution in [0.3, 0.4) is 0 Å². The summed E-state index contributed by atoms with van der Waals surface area (Å²) in [5, 5.41) is 3.95. The van der Waals surface area contributed by atoms with Crippen LogP contribution in [-0.4, -0.2) is 16.9 Å². The second-order valence-electron chi connectivity index (χ2n) is 2.11. The molecular formula is C7H10ClNO2S. The van der Waals surface area contributed by atoms with Gasteiger partial charge in [0.05, 0.1) is 5.88 Å². The van der Waals surface area contributed by atoms with Crippen LogP contribution in [0.15, 0.2) is 11.1 Å². The van der Waals surface area contributed by atoms with E-state index >= 15 is 0 Å². The van der Waals surface area contributed by atoms with Gasteiger partial charge in [-0.2, -0.15) is 0 Å². The van der Waals surface area contributed by atoms with Gasteiger partial charge in [-0.3, -0.25) is 9.59 Å². The van der Waals surface area contributed by atoms with Crippen LogP contribution in [0.25, 0.3) is 0 Å². The third-order valence-corrected chi connectivity index (χ3v) is 2.13. The maximum Gasteiger partial charge on any atom is 0.221 e. The van der Waals surface area contributed by atoms with Gasteiger partial charge in [-0.25, -0.2) is 0 Å². The van der Waals surface area contributed by atoms with Crippen LogP contribution in [0, 0.1) is 0 Å². The Morgan fingerprint density at radius 3 is 2.50 bits per heavy atom. The minimum Gasteiger partial charge on any atom is -0.330 e. The molecule has 0 atom stereocenters. The minimum absolute atomic E-state index is 0.0193. The Bertz CT molecular complexity index is 215. The zero-order valence-electron chi connectivity index (χ0n) is 6.89. The lowest BCUT2D eigenvalue weighted by Crippen LogP contribution is -2.16. The van der Waals surface area contributed by atoms with Gasteiger partial charge in [0, 0.05) is 12.6 Å². The highest BCUT2D eigenvalue weighted by Gasteiger charge is 1.97. The van der Waals surface area contributed by atoms with Crippen molar-refractivity contribution in [2.24, 2.45) is 0 Å². The molecule has 0 aliphatic rings. The summed E-state index contributed by atoms with van der Waals surface area (Å²) in [6.45, 7) is 3.11. The number of hydrogen-bond acceptors (Lipinski definition) is 3.